The third-order valence-electron chi connectivity index (χ3n) is 5.19. The van der Waals surface area contributed by atoms with E-state index in [4.69, 9.17) is 0 Å². The molecule has 0 unspecified atom stereocenters. The standard InChI is InChI=1S/C18H18F3N7O4S/c19-18(20,21)32-12-6-4-11(5-7-12)27-16(23-25-26-27)33-10-13(29)24-28-14(30)17(22-15(28)31)8-2-1-3-9-17/h4-7H,1-3,8-10H2,(H,22,31)(H,24,29). The van der Waals surface area contributed by atoms with Gasteiger partial charge in [0, 0.05) is 0 Å². The van der Waals surface area contributed by atoms with Crippen LogP contribution in [0.2, 0.25) is 0 Å². The highest BCUT2D eigenvalue weighted by Gasteiger charge is 2.52. The summed E-state index contributed by atoms with van der Waals surface area (Å²) in [5.41, 5.74) is 1.69. The van der Waals surface area contributed by atoms with Crippen molar-refractivity contribution in [3.8, 4) is 11.4 Å². The van der Waals surface area contributed by atoms with Crippen molar-refractivity contribution < 1.29 is 32.3 Å². The highest BCUT2D eigenvalue weighted by atomic mass is 32.2. The largest absolute Gasteiger partial charge is 0.573 e. The second kappa shape index (κ2) is 8.88. The molecule has 0 atom stereocenters. The maximum atomic E-state index is 12.7. The molecule has 2 aromatic rings. The van der Waals surface area contributed by atoms with Gasteiger partial charge in [-0.3, -0.25) is 15.0 Å². The number of carbonyl (C=O) groups is 3. The molecule has 15 heteroatoms. The smallest absolute Gasteiger partial charge is 0.406 e. The summed E-state index contributed by atoms with van der Waals surface area (Å²) in [5, 5.41) is 14.6. The van der Waals surface area contributed by atoms with Crippen LogP contribution >= 0.6 is 11.8 Å². The summed E-state index contributed by atoms with van der Waals surface area (Å²) >= 11 is 0.918. The van der Waals surface area contributed by atoms with Gasteiger partial charge in [-0.05, 0) is 47.5 Å². The zero-order chi connectivity index (χ0) is 23.6. The zero-order valence-corrected chi connectivity index (χ0v) is 17.8. The normalized spacial score (nSPS) is 17.8. The maximum absolute atomic E-state index is 12.7. The summed E-state index contributed by atoms with van der Waals surface area (Å²) in [6, 6.07) is 4.16. The molecule has 33 heavy (non-hydrogen) atoms. The number of aromatic nitrogens is 4. The second-order valence-corrected chi connectivity index (χ2v) is 8.39. The van der Waals surface area contributed by atoms with Gasteiger partial charge in [-0.2, -0.15) is 9.69 Å². The van der Waals surface area contributed by atoms with E-state index in [1.165, 1.54) is 16.8 Å². The summed E-state index contributed by atoms with van der Waals surface area (Å²) in [6.45, 7) is 0. The lowest BCUT2D eigenvalue weighted by molar-refractivity contribution is -0.274. The van der Waals surface area contributed by atoms with Gasteiger partial charge in [0.1, 0.15) is 11.3 Å². The molecule has 0 bridgehead atoms. The van der Waals surface area contributed by atoms with Crippen molar-refractivity contribution in [1.29, 1.82) is 0 Å². The van der Waals surface area contributed by atoms with E-state index in [0.717, 1.165) is 43.2 Å². The molecule has 4 amide bonds. The molecule has 1 saturated heterocycles. The Balaban J connectivity index is 1.36. The number of nitrogens with zero attached hydrogens (tertiary/aromatic N) is 5. The minimum Gasteiger partial charge on any atom is -0.406 e. The number of alkyl halides is 3. The van der Waals surface area contributed by atoms with Gasteiger partial charge in [-0.15, -0.1) is 18.3 Å². The molecule has 1 aliphatic carbocycles. The van der Waals surface area contributed by atoms with Gasteiger partial charge in [-0.1, -0.05) is 31.0 Å². The predicted octanol–water partition coefficient (Wildman–Crippen LogP) is 1.94. The lowest BCUT2D eigenvalue weighted by Crippen LogP contribution is -2.51. The quantitative estimate of drug-likeness (QED) is 0.469. The van der Waals surface area contributed by atoms with Gasteiger partial charge in [0.2, 0.25) is 11.1 Å². The van der Waals surface area contributed by atoms with Crippen LogP contribution in [0.3, 0.4) is 0 Å². The number of amides is 4. The average molecular weight is 485 g/mol. The number of thioether (sulfide) groups is 1. The first-order valence-corrected chi connectivity index (χ1v) is 10.9. The van der Waals surface area contributed by atoms with E-state index in [1.807, 2.05) is 0 Å². The Morgan fingerprint density at radius 2 is 1.88 bits per heavy atom. The van der Waals surface area contributed by atoms with Gasteiger partial charge < -0.3 is 10.1 Å². The number of halogens is 3. The Kier molecular flexibility index (Phi) is 6.14. The van der Waals surface area contributed by atoms with Crippen LogP contribution in [0.4, 0.5) is 18.0 Å². The minimum atomic E-state index is -4.81. The average Bonchev–Trinajstić information content (AvgIpc) is 3.31. The Bertz CT molecular complexity index is 1050. The molecule has 176 valence electrons. The van der Waals surface area contributed by atoms with E-state index in [0.29, 0.717) is 23.5 Å². The molecule has 4 rings (SSSR count). The monoisotopic (exact) mass is 485 g/mol. The van der Waals surface area contributed by atoms with Crippen LogP contribution in [0.25, 0.3) is 5.69 Å². The van der Waals surface area contributed by atoms with E-state index < -0.39 is 35.5 Å². The van der Waals surface area contributed by atoms with E-state index in [9.17, 15) is 27.6 Å². The first kappa shape index (κ1) is 22.8. The maximum Gasteiger partial charge on any atom is 0.573 e. The number of imide groups is 1. The van der Waals surface area contributed by atoms with Crippen LogP contribution in [0, 0.1) is 0 Å². The fraction of sp³-hybridized carbons (Fsp3) is 0.444. The number of hydrogen-bond acceptors (Lipinski definition) is 8. The Labute approximate surface area is 189 Å². The first-order valence-electron chi connectivity index (χ1n) is 9.90. The van der Waals surface area contributed by atoms with Crippen LogP contribution in [-0.4, -0.2) is 60.7 Å². The summed E-state index contributed by atoms with van der Waals surface area (Å²) in [5.74, 6) is -1.73. The second-order valence-electron chi connectivity index (χ2n) is 7.45. The fourth-order valence-corrected chi connectivity index (χ4v) is 4.41. The molecule has 1 saturated carbocycles. The van der Waals surface area contributed by atoms with Crippen molar-refractivity contribution in [3.05, 3.63) is 24.3 Å². The molecule has 1 aromatic heterocycles. The number of urea groups is 1. The van der Waals surface area contributed by atoms with Crippen LogP contribution in [0.5, 0.6) is 5.75 Å². The first-order chi connectivity index (χ1) is 15.7. The van der Waals surface area contributed by atoms with Gasteiger partial charge in [0.05, 0.1) is 11.4 Å². The van der Waals surface area contributed by atoms with Crippen molar-refractivity contribution in [1.82, 2.24) is 36.0 Å². The lowest BCUT2D eigenvalue weighted by atomic mass is 9.82. The Hall–Kier alpha value is -3.36. The zero-order valence-electron chi connectivity index (χ0n) is 17.0. The number of hydrazine groups is 1. The molecular weight excluding hydrogens is 467 g/mol. The van der Waals surface area contributed by atoms with Crippen molar-refractivity contribution in [3.63, 3.8) is 0 Å². The molecule has 1 aliphatic heterocycles. The van der Waals surface area contributed by atoms with E-state index >= 15 is 0 Å². The highest BCUT2D eigenvalue weighted by molar-refractivity contribution is 7.99. The Morgan fingerprint density at radius 1 is 1.18 bits per heavy atom. The summed E-state index contributed by atoms with van der Waals surface area (Å²) in [6.07, 6.45) is -1.14. The molecule has 1 aromatic carbocycles. The van der Waals surface area contributed by atoms with Crippen LogP contribution < -0.4 is 15.5 Å². The number of benzene rings is 1. The molecular formula is C18H18F3N7O4S. The molecule has 2 aliphatic rings. The summed E-state index contributed by atoms with van der Waals surface area (Å²) in [7, 11) is 0. The SMILES string of the molecule is O=C(CSc1nnnn1-c1ccc(OC(F)(F)F)cc1)NN1C(=O)NC2(CCCCC2)C1=O. The van der Waals surface area contributed by atoms with E-state index in [2.05, 4.69) is 31.0 Å². The minimum absolute atomic E-state index is 0.176. The molecule has 11 nitrogen and oxygen atoms in total. The van der Waals surface area contributed by atoms with Gasteiger partial charge >= 0.3 is 12.4 Å². The van der Waals surface area contributed by atoms with Crippen molar-refractivity contribution in [2.75, 3.05) is 5.75 Å². The van der Waals surface area contributed by atoms with Crippen LogP contribution in [0.1, 0.15) is 32.1 Å². The molecule has 2 heterocycles. The number of nitrogens with one attached hydrogen (secondary N) is 2. The predicted molar refractivity (Wildman–Crippen MR) is 106 cm³/mol. The van der Waals surface area contributed by atoms with E-state index in [-0.39, 0.29) is 10.9 Å². The number of rotatable bonds is 6. The van der Waals surface area contributed by atoms with Crippen molar-refractivity contribution in [2.45, 2.75) is 49.2 Å². The molecule has 1 spiro atoms. The Morgan fingerprint density at radius 3 is 2.55 bits per heavy atom. The number of carbonyl (C=O) groups excluding carboxylic acids is 3. The van der Waals surface area contributed by atoms with Crippen LogP contribution in [-0.2, 0) is 9.59 Å². The van der Waals surface area contributed by atoms with Crippen molar-refractivity contribution >= 4 is 29.6 Å². The molecule has 2 N–H and O–H groups in total. The lowest BCUT2D eigenvalue weighted by Gasteiger charge is -2.30. The number of hydrogen-bond donors (Lipinski definition) is 2. The highest BCUT2D eigenvalue weighted by Crippen LogP contribution is 2.33. The third kappa shape index (κ3) is 5.02. The van der Waals surface area contributed by atoms with Gasteiger partial charge in [-0.25, -0.2) is 4.79 Å². The van der Waals surface area contributed by atoms with E-state index in [1.54, 1.807) is 0 Å². The molecule has 0 radical (unpaired) electrons. The number of tetrazole rings is 1. The molecule has 2 fully saturated rings. The van der Waals surface area contributed by atoms with Crippen LogP contribution in [0.15, 0.2) is 29.4 Å². The fourth-order valence-electron chi connectivity index (χ4n) is 3.72. The third-order valence-corrected chi connectivity index (χ3v) is 6.11. The van der Waals surface area contributed by atoms with Gasteiger partial charge in [0.15, 0.2) is 0 Å². The summed E-state index contributed by atoms with van der Waals surface area (Å²) in [4.78, 5) is 37.3. The number of ether oxygens (including phenoxy) is 1. The summed E-state index contributed by atoms with van der Waals surface area (Å²) < 4.78 is 42.0. The van der Waals surface area contributed by atoms with Gasteiger partial charge in [0.25, 0.3) is 5.91 Å². The van der Waals surface area contributed by atoms with Crippen molar-refractivity contribution in [2.24, 2.45) is 0 Å². The topological polar surface area (TPSA) is 131 Å².